The van der Waals surface area contributed by atoms with Crippen molar-refractivity contribution in [1.29, 1.82) is 0 Å². The Morgan fingerprint density at radius 2 is 1.84 bits per heavy atom. The first-order valence-electron chi connectivity index (χ1n) is 14.9. The van der Waals surface area contributed by atoms with Crippen LogP contribution in [0.15, 0.2) is 73.4 Å². The molecule has 0 radical (unpaired) electrons. The van der Waals surface area contributed by atoms with Crippen LogP contribution in [0, 0.1) is 11.3 Å². The topological polar surface area (TPSA) is 128 Å². The lowest BCUT2D eigenvalue weighted by Crippen LogP contribution is -2.26. The molecule has 45 heavy (non-hydrogen) atoms. The lowest BCUT2D eigenvalue weighted by Gasteiger charge is -2.17. The maximum absolute atomic E-state index is 12.5. The molecule has 3 heterocycles. The summed E-state index contributed by atoms with van der Waals surface area (Å²) < 4.78 is 13.5. The predicted octanol–water partition coefficient (Wildman–Crippen LogP) is 6.05. The highest BCUT2D eigenvalue weighted by atomic mass is 16.5. The summed E-state index contributed by atoms with van der Waals surface area (Å²) in [7, 11) is 0. The molecule has 5 rings (SSSR count). The number of ether oxygens (including phenoxy) is 2. The molecule has 0 spiro atoms. The maximum Gasteiger partial charge on any atom is 0.312 e. The van der Waals surface area contributed by atoms with Crippen LogP contribution in [0.25, 0.3) is 11.0 Å². The van der Waals surface area contributed by atoms with E-state index in [1.165, 1.54) is 11.6 Å². The van der Waals surface area contributed by atoms with Crippen LogP contribution in [0.4, 0.5) is 17.3 Å². The largest absolute Gasteiger partial charge is 0.443 e. The summed E-state index contributed by atoms with van der Waals surface area (Å²) in [6.45, 7) is 12.1. The van der Waals surface area contributed by atoms with Gasteiger partial charge in [-0.05, 0) is 81.5 Å². The molecule has 0 bridgehead atoms. The van der Waals surface area contributed by atoms with E-state index >= 15 is 0 Å². The summed E-state index contributed by atoms with van der Waals surface area (Å²) in [6.07, 6.45) is 4.86. The van der Waals surface area contributed by atoms with Gasteiger partial charge < -0.3 is 25.0 Å². The van der Waals surface area contributed by atoms with E-state index in [0.717, 1.165) is 31.6 Å². The first-order chi connectivity index (χ1) is 21.5. The first-order valence-corrected chi connectivity index (χ1v) is 14.9. The molecule has 234 valence electrons. The standard InChI is InChI=1S/C34H38N6O5/c1-6-29(42)35-26-8-7-9-27(19-26)45-31-28-15-17-40(21-44-32(43)34(3,4)5)30(28)37-33(38-31)36-25-12-10-23(11-13-25)18-24-14-16-39(20-24)22(2)41/h6-13,15,17,19,24H,1,14,16,18,20-21H2,2-5H3,(H,35,42)(H,36,37,38)/t24-/m1/s1. The number of esters is 1. The third-order valence-corrected chi connectivity index (χ3v) is 7.50. The van der Waals surface area contributed by atoms with Gasteiger partial charge in [-0.1, -0.05) is 24.8 Å². The minimum Gasteiger partial charge on any atom is -0.443 e. The molecule has 2 aromatic carbocycles. The average molecular weight is 611 g/mol. The number of benzene rings is 2. The maximum atomic E-state index is 12.5. The molecule has 11 heteroatoms. The van der Waals surface area contributed by atoms with Gasteiger partial charge >= 0.3 is 5.97 Å². The van der Waals surface area contributed by atoms with Crippen LogP contribution >= 0.6 is 0 Å². The SMILES string of the molecule is C=CC(=O)Nc1cccc(Oc2nc(Nc3ccc(C[C@H]4CCN(C(C)=O)C4)cc3)nc3c2ccn3COC(=O)C(C)(C)C)c1. The van der Waals surface area contributed by atoms with Crippen LogP contribution in [0.1, 0.15) is 39.7 Å². The summed E-state index contributed by atoms with van der Waals surface area (Å²) in [6, 6.07) is 16.8. The number of likely N-dealkylation sites (tertiary alicyclic amines) is 1. The Bertz CT molecular complexity index is 1720. The quantitative estimate of drug-likeness (QED) is 0.164. The molecule has 0 aliphatic carbocycles. The van der Waals surface area contributed by atoms with Gasteiger partial charge in [-0.15, -0.1) is 0 Å². The highest BCUT2D eigenvalue weighted by molar-refractivity contribution is 5.99. The van der Waals surface area contributed by atoms with Crippen LogP contribution < -0.4 is 15.4 Å². The lowest BCUT2D eigenvalue weighted by molar-refractivity contribution is -0.156. The summed E-state index contributed by atoms with van der Waals surface area (Å²) >= 11 is 0. The van der Waals surface area contributed by atoms with Gasteiger partial charge in [0.25, 0.3) is 0 Å². The fourth-order valence-electron chi connectivity index (χ4n) is 5.03. The van der Waals surface area contributed by atoms with Gasteiger partial charge in [0.15, 0.2) is 12.4 Å². The third-order valence-electron chi connectivity index (χ3n) is 7.50. The van der Waals surface area contributed by atoms with Crippen LogP contribution in [-0.4, -0.2) is 50.3 Å². The molecule has 4 aromatic rings. The fraction of sp³-hybridized carbons (Fsp3) is 0.324. The highest BCUT2D eigenvalue weighted by Crippen LogP contribution is 2.32. The van der Waals surface area contributed by atoms with Crippen molar-refractivity contribution in [3.63, 3.8) is 0 Å². The monoisotopic (exact) mass is 610 g/mol. The summed E-state index contributed by atoms with van der Waals surface area (Å²) in [4.78, 5) is 47.3. The second kappa shape index (κ2) is 13.2. The number of nitrogens with zero attached hydrogens (tertiary/aromatic N) is 4. The van der Waals surface area contributed by atoms with E-state index in [9.17, 15) is 14.4 Å². The molecule has 1 aliphatic rings. The number of amides is 2. The van der Waals surface area contributed by atoms with Crippen LogP contribution in [0.3, 0.4) is 0 Å². The number of hydrogen-bond donors (Lipinski definition) is 2. The van der Waals surface area contributed by atoms with Crippen LogP contribution in [0.2, 0.25) is 0 Å². The highest BCUT2D eigenvalue weighted by Gasteiger charge is 2.25. The molecule has 1 saturated heterocycles. The Kier molecular flexibility index (Phi) is 9.17. The molecule has 2 N–H and O–H groups in total. The van der Waals surface area contributed by atoms with Crippen molar-refractivity contribution in [2.75, 3.05) is 23.7 Å². The molecule has 1 atom stereocenters. The van der Waals surface area contributed by atoms with Gasteiger partial charge in [0.2, 0.25) is 23.6 Å². The smallest absolute Gasteiger partial charge is 0.312 e. The van der Waals surface area contributed by atoms with Gasteiger partial charge in [-0.2, -0.15) is 9.97 Å². The zero-order valence-corrected chi connectivity index (χ0v) is 26.0. The van der Waals surface area contributed by atoms with Crippen molar-refractivity contribution in [1.82, 2.24) is 19.4 Å². The Labute approximate surface area is 262 Å². The van der Waals surface area contributed by atoms with Gasteiger partial charge in [0.1, 0.15) is 5.75 Å². The van der Waals surface area contributed by atoms with Crippen molar-refractivity contribution in [2.45, 2.75) is 47.3 Å². The number of carbonyl (C=O) groups is 3. The van der Waals surface area contributed by atoms with Crippen molar-refractivity contribution in [2.24, 2.45) is 11.3 Å². The second-order valence-electron chi connectivity index (χ2n) is 12.2. The number of aromatic nitrogens is 3. The summed E-state index contributed by atoms with van der Waals surface area (Å²) in [5.41, 5.74) is 2.37. The number of nitrogens with one attached hydrogen (secondary N) is 2. The first kappa shape index (κ1) is 31.2. The molecule has 11 nitrogen and oxygen atoms in total. The van der Waals surface area contributed by atoms with E-state index < -0.39 is 5.41 Å². The second-order valence-corrected chi connectivity index (χ2v) is 12.2. The predicted molar refractivity (Wildman–Crippen MR) is 172 cm³/mol. The molecule has 2 amide bonds. The van der Waals surface area contributed by atoms with Crippen LogP contribution in [0.5, 0.6) is 11.6 Å². The van der Waals surface area contributed by atoms with Gasteiger partial charge in [-0.3, -0.25) is 19.0 Å². The Morgan fingerprint density at radius 3 is 2.53 bits per heavy atom. The van der Waals surface area contributed by atoms with Gasteiger partial charge in [0.05, 0.1) is 10.8 Å². The molecule has 1 fully saturated rings. The van der Waals surface area contributed by atoms with E-state index in [1.54, 1.807) is 68.8 Å². The number of rotatable bonds is 10. The molecule has 1 aliphatic heterocycles. The van der Waals surface area contributed by atoms with Crippen molar-refractivity contribution < 1.29 is 23.9 Å². The zero-order valence-electron chi connectivity index (χ0n) is 26.0. The minimum atomic E-state index is -0.651. The molecule has 0 saturated carbocycles. The minimum absolute atomic E-state index is 0.0323. The van der Waals surface area contributed by atoms with Gasteiger partial charge in [0, 0.05) is 43.7 Å². The zero-order chi connectivity index (χ0) is 32.1. The fourth-order valence-corrected chi connectivity index (χ4v) is 5.03. The van der Waals surface area contributed by atoms with Crippen molar-refractivity contribution >= 4 is 46.1 Å². The van der Waals surface area contributed by atoms with Crippen LogP contribution in [-0.2, 0) is 32.3 Å². The summed E-state index contributed by atoms with van der Waals surface area (Å²) in [5, 5.41) is 6.61. The normalized spacial score (nSPS) is 14.7. The average Bonchev–Trinajstić information content (AvgIpc) is 3.64. The van der Waals surface area contributed by atoms with E-state index in [4.69, 9.17) is 14.5 Å². The molecular formula is C34H38N6O5. The lowest BCUT2D eigenvalue weighted by atomic mass is 9.98. The number of hydrogen-bond acceptors (Lipinski definition) is 8. The van der Waals surface area contributed by atoms with E-state index in [1.807, 2.05) is 17.0 Å². The Hall–Kier alpha value is -5.19. The number of fused-ring (bicyclic) bond motifs is 1. The Balaban J connectivity index is 1.40. The Morgan fingerprint density at radius 1 is 1.07 bits per heavy atom. The van der Waals surface area contributed by atoms with E-state index in [0.29, 0.717) is 28.4 Å². The number of anilines is 3. The van der Waals surface area contributed by atoms with E-state index in [-0.39, 0.29) is 36.3 Å². The third kappa shape index (κ3) is 7.86. The summed E-state index contributed by atoms with van der Waals surface area (Å²) in [5.74, 6) is 0.926. The molecule has 2 aromatic heterocycles. The van der Waals surface area contributed by atoms with E-state index in [2.05, 4.69) is 34.3 Å². The number of carbonyl (C=O) groups excluding carboxylic acids is 3. The van der Waals surface area contributed by atoms with Gasteiger partial charge in [-0.25, -0.2) is 0 Å². The van der Waals surface area contributed by atoms with Crippen molar-refractivity contribution in [3.05, 3.63) is 79.0 Å². The molecular weight excluding hydrogens is 572 g/mol. The molecule has 0 unspecified atom stereocenters. The van der Waals surface area contributed by atoms with Crippen molar-refractivity contribution in [3.8, 4) is 11.6 Å².